The Hall–Kier alpha value is -1.16. The van der Waals surface area contributed by atoms with Crippen molar-refractivity contribution < 1.29 is 0 Å². The second-order valence-corrected chi connectivity index (χ2v) is 5.59. The summed E-state index contributed by atoms with van der Waals surface area (Å²) in [5.41, 5.74) is 1.05. The summed E-state index contributed by atoms with van der Waals surface area (Å²) in [4.78, 5) is 11.4. The summed E-state index contributed by atoms with van der Waals surface area (Å²) in [6.07, 6.45) is 8.67. The molecule has 1 rings (SSSR count). The first kappa shape index (κ1) is 16.9. The molecule has 0 saturated carbocycles. The molecule has 0 aliphatic carbocycles. The third kappa shape index (κ3) is 6.33. The summed E-state index contributed by atoms with van der Waals surface area (Å²) in [6, 6.07) is 0.548. The van der Waals surface area contributed by atoms with Crippen molar-refractivity contribution in [3.63, 3.8) is 0 Å². The van der Waals surface area contributed by atoms with Crippen LogP contribution < -0.4 is 5.32 Å². The average molecular weight is 278 g/mol. The van der Waals surface area contributed by atoms with Crippen LogP contribution in [0.2, 0.25) is 0 Å². The molecule has 4 heteroatoms. The molecule has 0 radical (unpaired) electrons. The maximum Gasteiger partial charge on any atom is 0.144 e. The second kappa shape index (κ2) is 9.70. The molecule has 0 amide bonds. The van der Waals surface area contributed by atoms with E-state index < -0.39 is 0 Å². The summed E-state index contributed by atoms with van der Waals surface area (Å²) in [5, 5.41) is 3.25. The number of unbranched alkanes of at least 4 members (excludes halogenated alkanes) is 2. The molecule has 0 bridgehead atoms. The van der Waals surface area contributed by atoms with Crippen molar-refractivity contribution in [1.29, 1.82) is 0 Å². The third-order valence-corrected chi connectivity index (χ3v) is 3.41. The monoisotopic (exact) mass is 278 g/mol. The molecule has 0 unspecified atom stereocenters. The van der Waals surface area contributed by atoms with Gasteiger partial charge in [0, 0.05) is 19.1 Å². The summed E-state index contributed by atoms with van der Waals surface area (Å²) in [7, 11) is 0. The lowest BCUT2D eigenvalue weighted by atomic mass is 10.2. The molecule has 0 aliphatic heterocycles. The van der Waals surface area contributed by atoms with Crippen molar-refractivity contribution in [3.8, 4) is 0 Å². The van der Waals surface area contributed by atoms with Crippen LogP contribution in [0, 0.1) is 0 Å². The van der Waals surface area contributed by atoms with Gasteiger partial charge in [-0.1, -0.05) is 26.7 Å². The van der Waals surface area contributed by atoms with Gasteiger partial charge in [-0.25, -0.2) is 4.98 Å². The molecule has 0 spiro atoms. The topological polar surface area (TPSA) is 41.1 Å². The molecule has 114 valence electrons. The van der Waals surface area contributed by atoms with Crippen molar-refractivity contribution in [2.24, 2.45) is 0 Å². The Morgan fingerprint density at radius 2 is 1.90 bits per heavy atom. The van der Waals surface area contributed by atoms with Crippen molar-refractivity contribution in [2.75, 3.05) is 18.4 Å². The van der Waals surface area contributed by atoms with Crippen LogP contribution in [0.3, 0.4) is 0 Å². The normalized spacial score (nSPS) is 11.3. The van der Waals surface area contributed by atoms with Gasteiger partial charge in [0.05, 0.1) is 18.1 Å². The van der Waals surface area contributed by atoms with Gasteiger partial charge in [-0.05, 0) is 33.2 Å². The summed E-state index contributed by atoms with van der Waals surface area (Å²) in [5.74, 6) is 0.873. The Kier molecular flexibility index (Phi) is 8.19. The van der Waals surface area contributed by atoms with Crippen LogP contribution in [-0.4, -0.2) is 34.0 Å². The maximum atomic E-state index is 4.52. The largest absolute Gasteiger partial charge is 0.369 e. The predicted octanol–water partition coefficient (Wildman–Crippen LogP) is 3.70. The van der Waals surface area contributed by atoms with Gasteiger partial charge in [-0.15, -0.1) is 0 Å². The van der Waals surface area contributed by atoms with Crippen LogP contribution in [0.15, 0.2) is 12.4 Å². The van der Waals surface area contributed by atoms with Gasteiger partial charge < -0.3 is 5.32 Å². The quantitative estimate of drug-likeness (QED) is 0.663. The van der Waals surface area contributed by atoms with Crippen LogP contribution in [0.4, 0.5) is 5.82 Å². The van der Waals surface area contributed by atoms with Crippen LogP contribution >= 0.6 is 0 Å². The van der Waals surface area contributed by atoms with E-state index in [0.29, 0.717) is 6.04 Å². The number of hydrogen-bond acceptors (Lipinski definition) is 4. The Balaban J connectivity index is 2.50. The van der Waals surface area contributed by atoms with E-state index in [9.17, 15) is 0 Å². The lowest BCUT2D eigenvalue weighted by molar-refractivity contribution is 0.206. The van der Waals surface area contributed by atoms with Gasteiger partial charge in [-0.2, -0.15) is 0 Å². The van der Waals surface area contributed by atoms with E-state index in [1.807, 2.05) is 12.4 Å². The fraction of sp³-hybridized carbons (Fsp3) is 0.750. The highest BCUT2D eigenvalue weighted by Crippen LogP contribution is 2.09. The zero-order valence-corrected chi connectivity index (χ0v) is 13.5. The van der Waals surface area contributed by atoms with E-state index in [1.165, 1.54) is 19.3 Å². The van der Waals surface area contributed by atoms with Crippen molar-refractivity contribution >= 4 is 5.82 Å². The first-order chi connectivity index (χ1) is 9.67. The van der Waals surface area contributed by atoms with Crippen LogP contribution in [0.25, 0.3) is 0 Å². The van der Waals surface area contributed by atoms with Gasteiger partial charge >= 0.3 is 0 Å². The lowest BCUT2D eigenvalue weighted by Crippen LogP contribution is -2.31. The smallest absolute Gasteiger partial charge is 0.144 e. The van der Waals surface area contributed by atoms with E-state index in [-0.39, 0.29) is 0 Å². The van der Waals surface area contributed by atoms with E-state index in [4.69, 9.17) is 0 Å². The maximum absolute atomic E-state index is 4.52. The van der Waals surface area contributed by atoms with E-state index >= 15 is 0 Å². The molecule has 0 aliphatic rings. The average Bonchev–Trinajstić information content (AvgIpc) is 2.45. The van der Waals surface area contributed by atoms with Gasteiger partial charge in [0.15, 0.2) is 0 Å². The fourth-order valence-corrected chi connectivity index (χ4v) is 2.07. The highest BCUT2D eigenvalue weighted by molar-refractivity contribution is 5.30. The zero-order valence-electron chi connectivity index (χ0n) is 13.5. The molecule has 0 saturated heterocycles. The molecule has 0 fully saturated rings. The number of anilines is 1. The number of nitrogens with one attached hydrogen (secondary N) is 1. The second-order valence-electron chi connectivity index (χ2n) is 5.59. The molecule has 0 aromatic carbocycles. The first-order valence-corrected chi connectivity index (χ1v) is 7.96. The number of hydrogen-bond donors (Lipinski definition) is 1. The number of nitrogens with zero attached hydrogens (tertiary/aromatic N) is 3. The van der Waals surface area contributed by atoms with Crippen LogP contribution in [-0.2, 0) is 6.54 Å². The van der Waals surface area contributed by atoms with Crippen LogP contribution in [0.5, 0.6) is 0 Å². The predicted molar refractivity (Wildman–Crippen MR) is 85.9 cm³/mol. The fourth-order valence-electron chi connectivity index (χ4n) is 2.07. The molecule has 0 atom stereocenters. The van der Waals surface area contributed by atoms with Crippen molar-refractivity contribution in [3.05, 3.63) is 18.1 Å². The molecule has 1 aromatic rings. The SMILES string of the molecule is CCCCCN(Cc1cnc(NCCC)cn1)C(C)C. The molecule has 1 N–H and O–H groups in total. The van der Waals surface area contributed by atoms with Crippen LogP contribution in [0.1, 0.15) is 59.1 Å². The number of aromatic nitrogens is 2. The van der Waals surface area contributed by atoms with Gasteiger partial charge in [-0.3, -0.25) is 9.88 Å². The highest BCUT2D eigenvalue weighted by Gasteiger charge is 2.10. The standard InChI is InChI=1S/C16H30N4/c1-5-7-8-10-20(14(3)4)13-15-11-19-16(12-18-15)17-9-6-2/h11-12,14H,5-10,13H2,1-4H3,(H,17,19). The third-order valence-electron chi connectivity index (χ3n) is 3.41. The molecule has 1 aromatic heterocycles. The highest BCUT2D eigenvalue weighted by atomic mass is 15.2. The van der Waals surface area contributed by atoms with Crippen molar-refractivity contribution in [2.45, 2.75) is 66.0 Å². The number of rotatable bonds is 10. The minimum Gasteiger partial charge on any atom is -0.369 e. The molecule has 4 nitrogen and oxygen atoms in total. The zero-order chi connectivity index (χ0) is 14.8. The minimum absolute atomic E-state index is 0.548. The summed E-state index contributed by atoms with van der Waals surface area (Å²) < 4.78 is 0. The summed E-state index contributed by atoms with van der Waals surface area (Å²) >= 11 is 0. The van der Waals surface area contributed by atoms with Gasteiger partial charge in [0.25, 0.3) is 0 Å². The van der Waals surface area contributed by atoms with E-state index in [0.717, 1.165) is 37.6 Å². The molecule has 1 heterocycles. The first-order valence-electron chi connectivity index (χ1n) is 7.96. The van der Waals surface area contributed by atoms with Gasteiger partial charge in [0.2, 0.25) is 0 Å². The Labute approximate surface area is 124 Å². The molecular formula is C16H30N4. The Bertz CT molecular complexity index is 348. The van der Waals surface area contributed by atoms with Gasteiger partial charge in [0.1, 0.15) is 5.82 Å². The summed E-state index contributed by atoms with van der Waals surface area (Å²) in [6.45, 7) is 11.9. The van der Waals surface area contributed by atoms with E-state index in [2.05, 4.69) is 47.9 Å². The lowest BCUT2D eigenvalue weighted by Gasteiger charge is -2.25. The molecular weight excluding hydrogens is 248 g/mol. The van der Waals surface area contributed by atoms with E-state index in [1.54, 1.807) is 0 Å². The Morgan fingerprint density at radius 1 is 1.10 bits per heavy atom. The Morgan fingerprint density at radius 3 is 2.45 bits per heavy atom. The molecule has 20 heavy (non-hydrogen) atoms. The van der Waals surface area contributed by atoms with Crippen molar-refractivity contribution in [1.82, 2.24) is 14.9 Å². The minimum atomic E-state index is 0.548.